The second kappa shape index (κ2) is 18.3. The highest BCUT2D eigenvalue weighted by Crippen LogP contribution is 2.34. The Kier molecular flexibility index (Phi) is 14.2. The molecule has 1 atom stereocenters. The predicted molar refractivity (Wildman–Crippen MR) is 195 cm³/mol. The quantitative estimate of drug-likeness (QED) is 0.251. The summed E-state index contributed by atoms with van der Waals surface area (Å²) in [7, 11) is 5.59. The lowest BCUT2D eigenvalue weighted by molar-refractivity contribution is 0.183. The summed E-state index contributed by atoms with van der Waals surface area (Å²) in [6.45, 7) is 13.4. The lowest BCUT2D eigenvalue weighted by atomic mass is 9.89. The maximum atomic E-state index is 14.4. The van der Waals surface area contributed by atoms with E-state index in [9.17, 15) is 8.78 Å². The Morgan fingerprint density at radius 2 is 1.43 bits per heavy atom. The first kappa shape index (κ1) is 36.5. The Bertz CT molecular complexity index is 1230. The van der Waals surface area contributed by atoms with E-state index in [4.69, 9.17) is 4.74 Å². The molecule has 3 aliphatic rings. The number of benzene rings is 2. The summed E-state index contributed by atoms with van der Waals surface area (Å²) < 4.78 is 41.2. The van der Waals surface area contributed by atoms with Gasteiger partial charge in [0.25, 0.3) is 0 Å². The van der Waals surface area contributed by atoms with Crippen LogP contribution in [0.2, 0.25) is 0 Å². The van der Waals surface area contributed by atoms with Crippen LogP contribution in [0.1, 0.15) is 51.9 Å². The van der Waals surface area contributed by atoms with E-state index in [0.717, 1.165) is 64.8 Å². The molecule has 1 saturated carbocycles. The van der Waals surface area contributed by atoms with Crippen LogP contribution in [0.4, 0.5) is 20.2 Å². The first-order chi connectivity index (χ1) is 22.8. The summed E-state index contributed by atoms with van der Waals surface area (Å²) in [5, 5.41) is 0. The van der Waals surface area contributed by atoms with Crippen molar-refractivity contribution in [2.45, 2.75) is 56.8 Å². The van der Waals surface area contributed by atoms with Gasteiger partial charge in [-0.15, -0.1) is 0 Å². The third-order valence-electron chi connectivity index (χ3n) is 9.67. The summed E-state index contributed by atoms with van der Waals surface area (Å²) in [5.41, 5.74) is 1.86. The molecule has 1 unspecified atom stereocenters. The van der Waals surface area contributed by atoms with E-state index in [1.165, 1.54) is 81.8 Å². The van der Waals surface area contributed by atoms with Crippen molar-refractivity contribution < 1.29 is 13.5 Å². The summed E-state index contributed by atoms with van der Waals surface area (Å²) >= 11 is 3.79. The number of rotatable bonds is 9. The average Bonchev–Trinajstić information content (AvgIpc) is 3.06. The molecule has 2 saturated heterocycles. The van der Waals surface area contributed by atoms with Gasteiger partial charge in [0, 0.05) is 95.7 Å². The van der Waals surface area contributed by atoms with Crippen LogP contribution < -0.4 is 14.5 Å². The van der Waals surface area contributed by atoms with Gasteiger partial charge in [0.1, 0.15) is 0 Å². The van der Waals surface area contributed by atoms with Crippen LogP contribution in [0.3, 0.4) is 0 Å². The number of halogens is 2. The van der Waals surface area contributed by atoms with E-state index < -0.39 is 11.6 Å². The zero-order valence-corrected chi connectivity index (χ0v) is 30.6. The fourth-order valence-corrected chi connectivity index (χ4v) is 9.45. The standard InChI is InChI=1S/C36H56F2N6OS2/c1-29-26-43(46-32-14-12-31(13-15-32)39(2)3)20-8-18-40(28-30-10-6-5-7-11-30)19-9-21-44(27-29)47-42-24-22-41(23-25-42)34-17-16-33(37)35(38)36(34)45-4/h12-17,29-30H,5-11,18-28H2,1-4H3. The molecule has 2 heterocycles. The van der Waals surface area contributed by atoms with E-state index in [-0.39, 0.29) is 5.75 Å². The Labute approximate surface area is 291 Å². The van der Waals surface area contributed by atoms with Crippen molar-refractivity contribution >= 4 is 35.5 Å². The minimum Gasteiger partial charge on any atom is -0.491 e. The SMILES string of the molecule is COc1c(N2CCN(SN3CCCN(CC4CCCCC4)CCCN(Sc4ccc(N(C)C)cc4)CC(C)C3)CC2)ccc(F)c1F. The smallest absolute Gasteiger partial charge is 0.202 e. The number of hydrogen-bond donors (Lipinski definition) is 0. The van der Waals surface area contributed by atoms with E-state index in [0.29, 0.717) is 11.6 Å². The van der Waals surface area contributed by atoms with Gasteiger partial charge in [-0.3, -0.25) is 0 Å². The molecule has 11 heteroatoms. The van der Waals surface area contributed by atoms with E-state index in [1.54, 1.807) is 6.07 Å². The van der Waals surface area contributed by atoms with Crippen molar-refractivity contribution in [3.8, 4) is 5.75 Å². The Hall–Kier alpha value is -1.76. The van der Waals surface area contributed by atoms with Crippen LogP contribution in [-0.2, 0) is 0 Å². The monoisotopic (exact) mass is 690 g/mol. The summed E-state index contributed by atoms with van der Waals surface area (Å²) in [5.74, 6) is -0.420. The minimum absolute atomic E-state index is 0.00292. The first-order valence-electron chi connectivity index (χ1n) is 17.7. The van der Waals surface area contributed by atoms with Gasteiger partial charge in [0.05, 0.1) is 12.8 Å². The van der Waals surface area contributed by atoms with Crippen LogP contribution in [-0.4, -0.2) is 111 Å². The van der Waals surface area contributed by atoms with Crippen LogP contribution >= 0.6 is 24.1 Å². The number of ether oxygens (including phenoxy) is 1. The number of piperazine rings is 1. The fraction of sp³-hybridized carbons (Fsp3) is 0.667. The highest BCUT2D eigenvalue weighted by atomic mass is 32.2. The molecule has 5 rings (SSSR count). The third kappa shape index (κ3) is 10.9. The molecule has 0 aromatic heterocycles. The van der Waals surface area contributed by atoms with Gasteiger partial charge in [0.2, 0.25) is 5.82 Å². The van der Waals surface area contributed by atoms with Crippen molar-refractivity contribution in [2.24, 2.45) is 11.8 Å². The van der Waals surface area contributed by atoms with Gasteiger partial charge >= 0.3 is 0 Å². The zero-order valence-electron chi connectivity index (χ0n) is 29.0. The number of hydrogen-bond acceptors (Lipinski definition) is 9. The molecular weight excluding hydrogens is 635 g/mol. The maximum absolute atomic E-state index is 14.4. The average molecular weight is 691 g/mol. The predicted octanol–water partition coefficient (Wildman–Crippen LogP) is 7.35. The molecule has 3 fully saturated rings. The maximum Gasteiger partial charge on any atom is 0.202 e. The molecule has 2 aromatic rings. The second-order valence-electron chi connectivity index (χ2n) is 13.8. The molecule has 0 amide bonds. The van der Waals surface area contributed by atoms with Crippen LogP contribution in [0.25, 0.3) is 0 Å². The molecule has 0 radical (unpaired) electrons. The first-order valence-corrected chi connectivity index (χ1v) is 19.2. The Morgan fingerprint density at radius 3 is 2.09 bits per heavy atom. The molecule has 0 bridgehead atoms. The van der Waals surface area contributed by atoms with Gasteiger partial charge in [-0.2, -0.15) is 4.39 Å². The molecule has 262 valence electrons. The second-order valence-corrected chi connectivity index (χ2v) is 16.2. The number of nitrogens with zero attached hydrogens (tertiary/aromatic N) is 6. The minimum atomic E-state index is -0.912. The van der Waals surface area contributed by atoms with E-state index in [2.05, 4.69) is 72.9 Å². The Morgan fingerprint density at radius 1 is 0.766 bits per heavy atom. The molecule has 2 aliphatic heterocycles. The zero-order chi connectivity index (χ0) is 33.2. The summed E-state index contributed by atoms with van der Waals surface area (Å²) in [4.78, 5) is 8.34. The molecule has 0 spiro atoms. The van der Waals surface area contributed by atoms with Crippen molar-refractivity contribution in [1.29, 1.82) is 0 Å². The number of anilines is 2. The van der Waals surface area contributed by atoms with Gasteiger partial charge < -0.3 is 19.4 Å². The van der Waals surface area contributed by atoms with Crippen molar-refractivity contribution in [1.82, 2.24) is 17.8 Å². The largest absolute Gasteiger partial charge is 0.491 e. The molecule has 1 aliphatic carbocycles. The normalized spacial score (nSPS) is 22.5. The van der Waals surface area contributed by atoms with Gasteiger partial charge in [-0.25, -0.2) is 17.3 Å². The van der Waals surface area contributed by atoms with Crippen LogP contribution in [0.15, 0.2) is 41.3 Å². The van der Waals surface area contributed by atoms with Crippen molar-refractivity contribution in [2.75, 3.05) is 103 Å². The van der Waals surface area contributed by atoms with Crippen LogP contribution in [0, 0.1) is 23.5 Å². The molecule has 7 nitrogen and oxygen atoms in total. The topological polar surface area (TPSA) is 28.7 Å². The van der Waals surface area contributed by atoms with Crippen molar-refractivity contribution in [3.05, 3.63) is 48.0 Å². The fourth-order valence-electron chi connectivity index (χ4n) is 7.16. The third-order valence-corrected chi connectivity index (χ3v) is 11.9. The van der Waals surface area contributed by atoms with Gasteiger partial charge in [-0.1, -0.05) is 26.2 Å². The van der Waals surface area contributed by atoms with E-state index >= 15 is 0 Å². The van der Waals surface area contributed by atoms with Crippen LogP contribution in [0.5, 0.6) is 5.75 Å². The number of methoxy groups -OCH3 is 1. The highest BCUT2D eigenvalue weighted by Gasteiger charge is 2.26. The lowest BCUT2D eigenvalue weighted by Crippen LogP contribution is -2.45. The van der Waals surface area contributed by atoms with Crippen molar-refractivity contribution in [3.63, 3.8) is 0 Å². The molecule has 2 aromatic carbocycles. The van der Waals surface area contributed by atoms with Gasteiger partial charge in [0.15, 0.2) is 11.6 Å². The Balaban J connectivity index is 1.22. The van der Waals surface area contributed by atoms with Gasteiger partial charge in [-0.05, 0) is 99.0 Å². The van der Waals surface area contributed by atoms with E-state index in [1.807, 2.05) is 24.1 Å². The summed E-state index contributed by atoms with van der Waals surface area (Å²) in [6, 6.07) is 11.8. The molecule has 0 N–H and O–H groups in total. The summed E-state index contributed by atoms with van der Waals surface area (Å²) in [6.07, 6.45) is 9.36. The highest BCUT2D eigenvalue weighted by molar-refractivity contribution is 7.97. The molecule has 47 heavy (non-hydrogen) atoms. The lowest BCUT2D eigenvalue weighted by Gasteiger charge is -2.39. The molecular formula is C36H56F2N6OS2.